The number of aliphatic carboxylic acids is 1. The van der Waals surface area contributed by atoms with Crippen LogP contribution in [0.5, 0.6) is 0 Å². The zero-order chi connectivity index (χ0) is 16.2. The van der Waals surface area contributed by atoms with Gasteiger partial charge in [-0.25, -0.2) is 9.37 Å². The van der Waals surface area contributed by atoms with Gasteiger partial charge in [0.15, 0.2) is 0 Å². The molecule has 0 aliphatic carbocycles. The first-order chi connectivity index (χ1) is 11.2. The topological polar surface area (TPSA) is 69.6 Å². The molecule has 6 nitrogen and oxygen atoms in total. The minimum absolute atomic E-state index is 0.202. The first-order valence-corrected chi connectivity index (χ1v) is 7.39. The molecule has 0 amide bonds. The van der Waals surface area contributed by atoms with E-state index in [9.17, 15) is 14.3 Å². The Morgan fingerprint density at radius 2 is 1.91 bits per heavy atom. The van der Waals surface area contributed by atoms with Crippen LogP contribution in [0.25, 0.3) is 0 Å². The van der Waals surface area contributed by atoms with Crippen molar-refractivity contribution in [1.82, 2.24) is 14.9 Å². The highest BCUT2D eigenvalue weighted by Crippen LogP contribution is 2.25. The predicted molar refractivity (Wildman–Crippen MR) is 82.6 cm³/mol. The van der Waals surface area contributed by atoms with Gasteiger partial charge < -0.3 is 10.0 Å². The molecule has 2 aromatic rings. The van der Waals surface area contributed by atoms with Crippen molar-refractivity contribution in [3.05, 3.63) is 54.2 Å². The monoisotopic (exact) mass is 316 g/mol. The minimum atomic E-state index is -1.04. The number of rotatable bonds is 4. The van der Waals surface area contributed by atoms with Crippen molar-refractivity contribution in [3.63, 3.8) is 0 Å². The van der Waals surface area contributed by atoms with Gasteiger partial charge in [0.1, 0.15) is 17.7 Å². The maximum absolute atomic E-state index is 14.0. The zero-order valence-electron chi connectivity index (χ0n) is 12.5. The summed E-state index contributed by atoms with van der Waals surface area (Å²) in [6.45, 7) is 2.28. The number of hydrogen-bond donors (Lipinski definition) is 1. The van der Waals surface area contributed by atoms with Crippen molar-refractivity contribution in [3.8, 4) is 0 Å². The molecule has 1 aliphatic heterocycles. The lowest BCUT2D eigenvalue weighted by Gasteiger charge is -2.38. The fraction of sp³-hybridized carbons (Fsp3) is 0.312. The van der Waals surface area contributed by atoms with Crippen LogP contribution in [0.2, 0.25) is 0 Å². The maximum atomic E-state index is 14.0. The number of nitrogens with zero attached hydrogens (tertiary/aromatic N) is 4. The Bertz CT molecular complexity index is 675. The number of carboxylic acids is 1. The predicted octanol–water partition coefficient (Wildman–Crippen LogP) is 1.56. The summed E-state index contributed by atoms with van der Waals surface area (Å²) in [6.07, 6.45) is 4.92. The SMILES string of the molecule is O=C(O)C(c1ccccc1F)N1CCN(c2cnccn2)CC1. The Hall–Kier alpha value is -2.54. The Kier molecular flexibility index (Phi) is 4.47. The van der Waals surface area contributed by atoms with Gasteiger partial charge in [0.25, 0.3) is 0 Å². The van der Waals surface area contributed by atoms with E-state index in [4.69, 9.17) is 0 Å². The number of piperazine rings is 1. The summed E-state index contributed by atoms with van der Waals surface area (Å²) in [6, 6.07) is 5.07. The molecule has 1 atom stereocenters. The Balaban J connectivity index is 1.74. The fourth-order valence-corrected chi connectivity index (χ4v) is 2.85. The van der Waals surface area contributed by atoms with E-state index in [-0.39, 0.29) is 5.56 Å². The molecular formula is C16H17FN4O2. The van der Waals surface area contributed by atoms with Gasteiger partial charge in [-0.05, 0) is 6.07 Å². The van der Waals surface area contributed by atoms with Gasteiger partial charge in [-0.15, -0.1) is 0 Å². The van der Waals surface area contributed by atoms with Crippen LogP contribution in [0.1, 0.15) is 11.6 Å². The van der Waals surface area contributed by atoms with Gasteiger partial charge in [-0.2, -0.15) is 0 Å². The van der Waals surface area contributed by atoms with Crippen LogP contribution in [0.15, 0.2) is 42.9 Å². The van der Waals surface area contributed by atoms with E-state index < -0.39 is 17.8 Å². The van der Waals surface area contributed by atoms with E-state index in [0.29, 0.717) is 26.2 Å². The summed E-state index contributed by atoms with van der Waals surface area (Å²) in [5.41, 5.74) is 0.202. The summed E-state index contributed by atoms with van der Waals surface area (Å²) in [7, 11) is 0. The molecule has 7 heteroatoms. The van der Waals surface area contributed by atoms with Gasteiger partial charge in [-0.3, -0.25) is 14.7 Å². The minimum Gasteiger partial charge on any atom is -0.480 e. The lowest BCUT2D eigenvalue weighted by Crippen LogP contribution is -2.49. The second-order valence-electron chi connectivity index (χ2n) is 5.35. The highest BCUT2D eigenvalue weighted by molar-refractivity contribution is 5.75. The molecule has 0 radical (unpaired) electrons. The normalized spacial score (nSPS) is 17.0. The maximum Gasteiger partial charge on any atom is 0.325 e. The molecule has 120 valence electrons. The Morgan fingerprint density at radius 3 is 2.52 bits per heavy atom. The van der Waals surface area contributed by atoms with Crippen LogP contribution in [0, 0.1) is 5.82 Å². The van der Waals surface area contributed by atoms with Crippen molar-refractivity contribution in [2.75, 3.05) is 31.1 Å². The second-order valence-corrected chi connectivity index (χ2v) is 5.35. The molecule has 1 aliphatic rings. The number of halogens is 1. The van der Waals surface area contributed by atoms with Crippen LogP contribution in [0.4, 0.5) is 10.2 Å². The Morgan fingerprint density at radius 1 is 1.17 bits per heavy atom. The van der Waals surface area contributed by atoms with Crippen LogP contribution < -0.4 is 4.90 Å². The first kappa shape index (κ1) is 15.4. The lowest BCUT2D eigenvalue weighted by atomic mass is 10.0. The van der Waals surface area contributed by atoms with Crippen molar-refractivity contribution in [2.24, 2.45) is 0 Å². The summed E-state index contributed by atoms with van der Waals surface area (Å²) in [5.74, 6) is -0.760. The number of aromatic nitrogens is 2. The lowest BCUT2D eigenvalue weighted by molar-refractivity contribution is -0.143. The van der Waals surface area contributed by atoms with E-state index in [2.05, 4.69) is 9.97 Å². The molecule has 1 saturated heterocycles. The average molecular weight is 316 g/mol. The van der Waals surface area contributed by atoms with E-state index in [1.165, 1.54) is 12.1 Å². The summed E-state index contributed by atoms with van der Waals surface area (Å²) in [4.78, 5) is 23.8. The molecule has 3 rings (SSSR count). The fourth-order valence-electron chi connectivity index (χ4n) is 2.85. The molecule has 23 heavy (non-hydrogen) atoms. The molecule has 0 spiro atoms. The third kappa shape index (κ3) is 3.29. The van der Waals surface area contributed by atoms with Crippen molar-refractivity contribution >= 4 is 11.8 Å². The number of carboxylic acid groups (broad SMARTS) is 1. The van der Waals surface area contributed by atoms with E-state index in [1.807, 2.05) is 4.90 Å². The number of carbonyl (C=O) groups is 1. The number of anilines is 1. The van der Waals surface area contributed by atoms with E-state index in [1.54, 1.807) is 35.6 Å². The van der Waals surface area contributed by atoms with Crippen molar-refractivity contribution < 1.29 is 14.3 Å². The van der Waals surface area contributed by atoms with Crippen LogP contribution in [-0.4, -0.2) is 52.1 Å². The van der Waals surface area contributed by atoms with Crippen molar-refractivity contribution in [1.29, 1.82) is 0 Å². The van der Waals surface area contributed by atoms with Gasteiger partial charge in [0.2, 0.25) is 0 Å². The highest BCUT2D eigenvalue weighted by atomic mass is 19.1. The van der Waals surface area contributed by atoms with E-state index >= 15 is 0 Å². The van der Waals surface area contributed by atoms with Gasteiger partial charge in [0, 0.05) is 44.1 Å². The van der Waals surface area contributed by atoms with Gasteiger partial charge in [-0.1, -0.05) is 18.2 Å². The summed E-state index contributed by atoms with van der Waals surface area (Å²) in [5, 5.41) is 9.54. The summed E-state index contributed by atoms with van der Waals surface area (Å²) < 4.78 is 14.0. The third-order valence-electron chi connectivity index (χ3n) is 3.99. The molecule has 0 bridgehead atoms. The standard InChI is InChI=1S/C16H17FN4O2/c17-13-4-2-1-3-12(13)15(16(22)23)21-9-7-20(8-10-21)14-11-18-5-6-19-14/h1-6,11,15H,7-10H2,(H,22,23). The molecule has 1 aromatic heterocycles. The van der Waals surface area contributed by atoms with Gasteiger partial charge in [0.05, 0.1) is 6.20 Å². The first-order valence-electron chi connectivity index (χ1n) is 7.39. The summed E-state index contributed by atoms with van der Waals surface area (Å²) >= 11 is 0. The smallest absolute Gasteiger partial charge is 0.325 e. The molecule has 1 unspecified atom stereocenters. The molecular weight excluding hydrogens is 299 g/mol. The zero-order valence-corrected chi connectivity index (χ0v) is 12.5. The molecule has 2 heterocycles. The van der Waals surface area contributed by atoms with Crippen molar-refractivity contribution in [2.45, 2.75) is 6.04 Å². The largest absolute Gasteiger partial charge is 0.480 e. The Labute approximate surface area is 133 Å². The molecule has 1 fully saturated rings. The quantitative estimate of drug-likeness (QED) is 0.923. The van der Waals surface area contributed by atoms with Crippen LogP contribution in [0.3, 0.4) is 0 Å². The average Bonchev–Trinajstić information content (AvgIpc) is 2.58. The van der Waals surface area contributed by atoms with E-state index in [0.717, 1.165) is 5.82 Å². The second kappa shape index (κ2) is 6.70. The molecule has 0 saturated carbocycles. The number of hydrogen-bond acceptors (Lipinski definition) is 5. The molecule has 1 N–H and O–H groups in total. The third-order valence-corrected chi connectivity index (χ3v) is 3.99. The van der Waals surface area contributed by atoms with Gasteiger partial charge >= 0.3 is 5.97 Å². The van der Waals surface area contributed by atoms with Crippen LogP contribution >= 0.6 is 0 Å². The molecule has 1 aromatic carbocycles. The highest BCUT2D eigenvalue weighted by Gasteiger charge is 2.32. The van der Waals surface area contributed by atoms with Crippen LogP contribution in [-0.2, 0) is 4.79 Å². The number of benzene rings is 1.